The van der Waals surface area contributed by atoms with Gasteiger partial charge in [-0.15, -0.1) is 0 Å². The normalized spacial score (nSPS) is 12.8. The molecule has 3 heteroatoms. The monoisotopic (exact) mass is 240 g/mol. The third-order valence-electron chi connectivity index (χ3n) is 2.61. The summed E-state index contributed by atoms with van der Waals surface area (Å²) in [6.07, 6.45) is 0. The Morgan fingerprint density at radius 2 is 2.12 bits per heavy atom. The summed E-state index contributed by atoms with van der Waals surface area (Å²) in [5.41, 5.74) is 2.31. The molecule has 0 aliphatic carbocycles. The van der Waals surface area contributed by atoms with Crippen molar-refractivity contribution in [1.82, 2.24) is 10.6 Å². The molecule has 16 heavy (non-hydrogen) atoms. The average Bonchev–Trinajstić information content (AvgIpc) is 2.28. The van der Waals surface area contributed by atoms with Crippen molar-refractivity contribution in [1.29, 1.82) is 0 Å². The van der Waals surface area contributed by atoms with Crippen molar-refractivity contribution in [2.45, 2.75) is 33.4 Å². The molecular weight excluding hydrogens is 220 g/mol. The lowest BCUT2D eigenvalue weighted by Gasteiger charge is -2.15. The van der Waals surface area contributed by atoms with Gasteiger partial charge < -0.3 is 10.6 Å². The minimum Gasteiger partial charge on any atom is -0.315 e. The fourth-order valence-electron chi connectivity index (χ4n) is 1.56. The van der Waals surface area contributed by atoms with Crippen LogP contribution in [0.4, 0.5) is 0 Å². The Balaban J connectivity index is 2.45. The van der Waals surface area contributed by atoms with Gasteiger partial charge in [-0.3, -0.25) is 0 Å². The molecule has 0 heterocycles. The maximum Gasteiger partial charge on any atom is 0.0480 e. The van der Waals surface area contributed by atoms with E-state index in [1.165, 1.54) is 5.56 Å². The molecule has 0 aliphatic rings. The molecule has 0 amide bonds. The molecule has 90 valence electrons. The lowest BCUT2D eigenvalue weighted by atomic mass is 10.1. The third-order valence-corrected chi connectivity index (χ3v) is 3.15. The lowest BCUT2D eigenvalue weighted by Crippen LogP contribution is -2.35. The summed E-state index contributed by atoms with van der Waals surface area (Å²) >= 11 is 6.23. The Kier molecular flexibility index (Phi) is 5.81. The molecule has 0 aromatic heterocycles. The molecule has 0 fully saturated rings. The van der Waals surface area contributed by atoms with E-state index in [9.17, 15) is 0 Å². The maximum absolute atomic E-state index is 6.23. The zero-order valence-electron chi connectivity index (χ0n) is 10.3. The van der Waals surface area contributed by atoms with Gasteiger partial charge in [-0.1, -0.05) is 36.7 Å². The van der Waals surface area contributed by atoms with Crippen molar-refractivity contribution in [3.63, 3.8) is 0 Å². The molecule has 1 aromatic carbocycles. The van der Waals surface area contributed by atoms with Crippen LogP contribution in [0.15, 0.2) is 18.2 Å². The van der Waals surface area contributed by atoms with Crippen LogP contribution in [0, 0.1) is 6.92 Å². The molecule has 0 bridgehead atoms. The second kappa shape index (κ2) is 6.89. The predicted molar refractivity (Wildman–Crippen MR) is 71.0 cm³/mol. The molecule has 0 saturated carbocycles. The first-order chi connectivity index (χ1) is 7.65. The minimum atomic E-state index is 0.455. The van der Waals surface area contributed by atoms with Gasteiger partial charge in [0, 0.05) is 24.2 Å². The molecule has 0 aliphatic heterocycles. The number of halogens is 1. The zero-order valence-corrected chi connectivity index (χ0v) is 11.1. The minimum absolute atomic E-state index is 0.455. The molecule has 0 radical (unpaired) electrons. The second-order valence-electron chi connectivity index (χ2n) is 4.14. The van der Waals surface area contributed by atoms with Gasteiger partial charge in [0.2, 0.25) is 0 Å². The van der Waals surface area contributed by atoms with Crippen molar-refractivity contribution in [2.24, 2.45) is 0 Å². The molecule has 1 rings (SSSR count). The van der Waals surface area contributed by atoms with E-state index >= 15 is 0 Å². The van der Waals surface area contributed by atoms with Gasteiger partial charge in [0.25, 0.3) is 0 Å². The smallest absolute Gasteiger partial charge is 0.0480 e. The number of nitrogens with one attached hydrogen (secondary N) is 2. The second-order valence-corrected chi connectivity index (χ2v) is 4.52. The Morgan fingerprint density at radius 3 is 2.81 bits per heavy atom. The number of hydrogen-bond acceptors (Lipinski definition) is 2. The number of rotatable bonds is 6. The molecular formula is C13H21ClN2. The maximum atomic E-state index is 6.23. The summed E-state index contributed by atoms with van der Waals surface area (Å²) in [6.45, 7) is 9.15. The average molecular weight is 241 g/mol. The Labute approximate surface area is 103 Å². The van der Waals surface area contributed by atoms with E-state index in [4.69, 9.17) is 11.6 Å². The molecule has 0 saturated heterocycles. The highest BCUT2D eigenvalue weighted by Crippen LogP contribution is 2.19. The number of benzene rings is 1. The van der Waals surface area contributed by atoms with Crippen LogP contribution in [0.1, 0.15) is 25.0 Å². The molecule has 0 spiro atoms. The van der Waals surface area contributed by atoms with Gasteiger partial charge in [0.15, 0.2) is 0 Å². The van der Waals surface area contributed by atoms with Crippen LogP contribution in [-0.2, 0) is 6.54 Å². The highest BCUT2D eigenvalue weighted by Gasteiger charge is 2.04. The summed E-state index contributed by atoms with van der Waals surface area (Å²) in [7, 11) is 0. The van der Waals surface area contributed by atoms with Crippen molar-refractivity contribution in [3.8, 4) is 0 Å². The molecule has 1 atom stereocenters. The predicted octanol–water partition coefficient (Wildman–Crippen LogP) is 2.74. The van der Waals surface area contributed by atoms with Crippen LogP contribution in [-0.4, -0.2) is 19.1 Å². The highest BCUT2D eigenvalue weighted by molar-refractivity contribution is 6.32. The zero-order chi connectivity index (χ0) is 12.0. The largest absolute Gasteiger partial charge is 0.315 e. The van der Waals surface area contributed by atoms with Crippen LogP contribution < -0.4 is 10.6 Å². The Bertz CT molecular complexity index is 326. The van der Waals surface area contributed by atoms with Crippen molar-refractivity contribution >= 4 is 11.6 Å². The van der Waals surface area contributed by atoms with Crippen LogP contribution in [0.2, 0.25) is 5.02 Å². The summed E-state index contributed by atoms with van der Waals surface area (Å²) in [5.74, 6) is 0. The molecule has 2 N–H and O–H groups in total. The molecule has 2 nitrogen and oxygen atoms in total. The van der Waals surface area contributed by atoms with Crippen LogP contribution in [0.3, 0.4) is 0 Å². The van der Waals surface area contributed by atoms with Gasteiger partial charge in [0.1, 0.15) is 0 Å². The first kappa shape index (κ1) is 13.5. The van der Waals surface area contributed by atoms with E-state index in [-0.39, 0.29) is 0 Å². The topological polar surface area (TPSA) is 24.1 Å². The standard InChI is InChI=1S/C13H21ClN2/c1-4-15-8-11(3)16-9-12-7-5-6-10(2)13(12)14/h5-7,11,15-16H,4,8-9H2,1-3H3. The van der Waals surface area contributed by atoms with E-state index in [1.807, 2.05) is 19.1 Å². The van der Waals surface area contributed by atoms with Crippen LogP contribution >= 0.6 is 11.6 Å². The van der Waals surface area contributed by atoms with E-state index in [2.05, 4.69) is 30.5 Å². The van der Waals surface area contributed by atoms with Crippen LogP contribution in [0.25, 0.3) is 0 Å². The van der Waals surface area contributed by atoms with Gasteiger partial charge in [-0.2, -0.15) is 0 Å². The fraction of sp³-hybridized carbons (Fsp3) is 0.538. The summed E-state index contributed by atoms with van der Waals surface area (Å²) in [6, 6.07) is 6.61. The van der Waals surface area contributed by atoms with E-state index in [1.54, 1.807) is 0 Å². The third kappa shape index (κ3) is 4.12. The Morgan fingerprint density at radius 1 is 1.38 bits per heavy atom. The molecule has 1 unspecified atom stereocenters. The summed E-state index contributed by atoms with van der Waals surface area (Å²) < 4.78 is 0. The summed E-state index contributed by atoms with van der Waals surface area (Å²) in [4.78, 5) is 0. The Hall–Kier alpha value is -0.570. The summed E-state index contributed by atoms with van der Waals surface area (Å²) in [5, 5.41) is 7.65. The quantitative estimate of drug-likeness (QED) is 0.799. The first-order valence-corrected chi connectivity index (χ1v) is 6.21. The van der Waals surface area contributed by atoms with Gasteiger partial charge >= 0.3 is 0 Å². The van der Waals surface area contributed by atoms with Crippen molar-refractivity contribution < 1.29 is 0 Å². The first-order valence-electron chi connectivity index (χ1n) is 5.83. The van der Waals surface area contributed by atoms with E-state index in [0.717, 1.165) is 30.2 Å². The number of hydrogen-bond donors (Lipinski definition) is 2. The van der Waals surface area contributed by atoms with Gasteiger partial charge in [-0.25, -0.2) is 0 Å². The van der Waals surface area contributed by atoms with E-state index < -0.39 is 0 Å². The lowest BCUT2D eigenvalue weighted by molar-refractivity contribution is 0.509. The number of likely N-dealkylation sites (N-methyl/N-ethyl adjacent to an activating group) is 1. The SMILES string of the molecule is CCNCC(C)NCc1cccc(C)c1Cl. The number of aryl methyl sites for hydroxylation is 1. The van der Waals surface area contributed by atoms with Gasteiger partial charge in [-0.05, 0) is 31.5 Å². The highest BCUT2D eigenvalue weighted by atomic mass is 35.5. The van der Waals surface area contributed by atoms with Gasteiger partial charge in [0.05, 0.1) is 0 Å². The fourth-order valence-corrected chi connectivity index (χ4v) is 1.75. The van der Waals surface area contributed by atoms with E-state index in [0.29, 0.717) is 6.04 Å². The van der Waals surface area contributed by atoms with Crippen molar-refractivity contribution in [3.05, 3.63) is 34.3 Å². The molecule has 1 aromatic rings. The van der Waals surface area contributed by atoms with Crippen molar-refractivity contribution in [2.75, 3.05) is 13.1 Å². The van der Waals surface area contributed by atoms with Crippen LogP contribution in [0.5, 0.6) is 0 Å².